The van der Waals surface area contributed by atoms with Crippen molar-refractivity contribution in [3.8, 4) is 0 Å². The van der Waals surface area contributed by atoms with Gasteiger partial charge in [0.2, 0.25) is 0 Å². The Morgan fingerprint density at radius 3 is 2.41 bits per heavy atom. The standard InChI is InChI=1S/C13H27NO3/c1-5-9-14-10-7-6-8-11-16-12(15)17-13(2,3)4/h14H,5-11H2,1-4H3. The van der Waals surface area contributed by atoms with Gasteiger partial charge in [-0.2, -0.15) is 0 Å². The first-order chi connectivity index (χ1) is 7.95. The first-order valence-corrected chi connectivity index (χ1v) is 6.52. The third-order valence-corrected chi connectivity index (χ3v) is 2.03. The molecule has 0 aliphatic rings. The van der Waals surface area contributed by atoms with Gasteiger partial charge in [0.25, 0.3) is 0 Å². The normalized spacial score (nSPS) is 11.3. The van der Waals surface area contributed by atoms with E-state index in [0.717, 1.165) is 32.4 Å². The highest BCUT2D eigenvalue weighted by Gasteiger charge is 2.16. The lowest BCUT2D eigenvalue weighted by Gasteiger charge is -2.18. The Morgan fingerprint density at radius 2 is 1.82 bits per heavy atom. The quantitative estimate of drug-likeness (QED) is 0.527. The molecule has 0 fully saturated rings. The van der Waals surface area contributed by atoms with Crippen molar-refractivity contribution in [2.75, 3.05) is 19.7 Å². The smallest absolute Gasteiger partial charge is 0.434 e. The number of nitrogens with one attached hydrogen (secondary N) is 1. The Hall–Kier alpha value is -0.770. The van der Waals surface area contributed by atoms with Crippen molar-refractivity contribution in [3.05, 3.63) is 0 Å². The average molecular weight is 245 g/mol. The topological polar surface area (TPSA) is 47.6 Å². The Bertz CT molecular complexity index is 199. The van der Waals surface area contributed by atoms with Gasteiger partial charge in [-0.1, -0.05) is 6.92 Å². The Labute approximate surface area is 105 Å². The van der Waals surface area contributed by atoms with Crippen LogP contribution < -0.4 is 5.32 Å². The molecule has 0 unspecified atom stereocenters. The molecule has 0 aliphatic heterocycles. The number of hydrogen-bond donors (Lipinski definition) is 1. The summed E-state index contributed by atoms with van der Waals surface area (Å²) in [6.45, 7) is 10.2. The Balaban J connectivity index is 3.25. The highest BCUT2D eigenvalue weighted by Crippen LogP contribution is 2.08. The third kappa shape index (κ3) is 13.2. The summed E-state index contributed by atoms with van der Waals surface area (Å²) in [5.41, 5.74) is -0.471. The van der Waals surface area contributed by atoms with Crippen LogP contribution in [0.25, 0.3) is 0 Å². The van der Waals surface area contributed by atoms with Crippen molar-refractivity contribution in [1.29, 1.82) is 0 Å². The van der Waals surface area contributed by atoms with Crippen molar-refractivity contribution >= 4 is 6.16 Å². The zero-order chi connectivity index (χ0) is 13.1. The van der Waals surface area contributed by atoms with E-state index in [2.05, 4.69) is 12.2 Å². The van der Waals surface area contributed by atoms with Gasteiger partial charge in [0.05, 0.1) is 6.61 Å². The van der Waals surface area contributed by atoms with Gasteiger partial charge in [-0.25, -0.2) is 4.79 Å². The lowest BCUT2D eigenvalue weighted by atomic mass is 10.2. The van der Waals surface area contributed by atoms with Crippen LogP contribution in [0.1, 0.15) is 53.4 Å². The lowest BCUT2D eigenvalue weighted by Crippen LogP contribution is -2.24. The summed E-state index contributed by atoms with van der Waals surface area (Å²) in [4.78, 5) is 11.2. The molecule has 0 bridgehead atoms. The van der Waals surface area contributed by atoms with E-state index in [1.807, 2.05) is 20.8 Å². The van der Waals surface area contributed by atoms with Crippen LogP contribution in [0.2, 0.25) is 0 Å². The van der Waals surface area contributed by atoms with E-state index in [1.165, 1.54) is 6.42 Å². The van der Waals surface area contributed by atoms with Crippen LogP contribution in [0, 0.1) is 0 Å². The van der Waals surface area contributed by atoms with E-state index in [1.54, 1.807) is 0 Å². The van der Waals surface area contributed by atoms with Crippen molar-refractivity contribution in [3.63, 3.8) is 0 Å². The van der Waals surface area contributed by atoms with Gasteiger partial charge in [-0.15, -0.1) is 0 Å². The van der Waals surface area contributed by atoms with Gasteiger partial charge in [0.15, 0.2) is 0 Å². The fourth-order valence-corrected chi connectivity index (χ4v) is 1.27. The summed E-state index contributed by atoms with van der Waals surface area (Å²) < 4.78 is 9.99. The van der Waals surface area contributed by atoms with Crippen LogP contribution in [0.4, 0.5) is 4.79 Å². The molecular formula is C13H27NO3. The summed E-state index contributed by atoms with van der Waals surface area (Å²) in [7, 11) is 0. The molecular weight excluding hydrogens is 218 g/mol. The van der Waals surface area contributed by atoms with Crippen LogP contribution in [0.3, 0.4) is 0 Å². The third-order valence-electron chi connectivity index (χ3n) is 2.03. The number of carbonyl (C=O) groups excluding carboxylic acids is 1. The molecule has 17 heavy (non-hydrogen) atoms. The van der Waals surface area contributed by atoms with E-state index in [0.29, 0.717) is 6.61 Å². The second-order valence-electron chi connectivity index (χ2n) is 5.12. The summed E-state index contributed by atoms with van der Waals surface area (Å²) in [5.74, 6) is 0. The Kier molecular flexibility index (Phi) is 8.86. The van der Waals surface area contributed by atoms with E-state index in [9.17, 15) is 4.79 Å². The summed E-state index contributed by atoms with van der Waals surface area (Å²) in [6, 6.07) is 0. The van der Waals surface area contributed by atoms with Crippen LogP contribution in [-0.2, 0) is 9.47 Å². The number of rotatable bonds is 8. The summed E-state index contributed by atoms with van der Waals surface area (Å²) in [5, 5.41) is 3.33. The highest BCUT2D eigenvalue weighted by molar-refractivity contribution is 5.60. The average Bonchev–Trinajstić information content (AvgIpc) is 2.19. The lowest BCUT2D eigenvalue weighted by molar-refractivity contribution is -0.00768. The first kappa shape index (κ1) is 16.2. The predicted molar refractivity (Wildman–Crippen MR) is 69.2 cm³/mol. The zero-order valence-corrected chi connectivity index (χ0v) is 11.7. The maximum absolute atomic E-state index is 11.2. The number of hydrogen-bond acceptors (Lipinski definition) is 4. The van der Waals surface area contributed by atoms with Crippen LogP contribution >= 0.6 is 0 Å². The number of ether oxygens (including phenoxy) is 2. The molecule has 0 atom stereocenters. The molecule has 0 aromatic rings. The monoisotopic (exact) mass is 245 g/mol. The highest BCUT2D eigenvalue weighted by atomic mass is 16.7. The summed E-state index contributed by atoms with van der Waals surface area (Å²) >= 11 is 0. The molecule has 4 nitrogen and oxygen atoms in total. The minimum Gasteiger partial charge on any atom is -0.434 e. The van der Waals surface area contributed by atoms with E-state index in [4.69, 9.17) is 9.47 Å². The van der Waals surface area contributed by atoms with Crippen molar-refractivity contribution in [1.82, 2.24) is 5.32 Å². The molecule has 0 aliphatic carbocycles. The maximum Gasteiger partial charge on any atom is 0.508 e. The summed E-state index contributed by atoms with van der Waals surface area (Å²) in [6.07, 6.45) is 3.69. The molecule has 0 saturated heterocycles. The fraction of sp³-hybridized carbons (Fsp3) is 0.923. The van der Waals surface area contributed by atoms with Gasteiger partial charge in [0.1, 0.15) is 5.60 Å². The SMILES string of the molecule is CCCNCCCCCOC(=O)OC(C)(C)C. The van der Waals surface area contributed by atoms with Crippen LogP contribution in [-0.4, -0.2) is 31.5 Å². The molecule has 0 amide bonds. The minimum atomic E-state index is -0.568. The molecule has 1 N–H and O–H groups in total. The molecule has 0 aromatic carbocycles. The number of unbranched alkanes of at least 4 members (excludes halogenated alkanes) is 2. The van der Waals surface area contributed by atoms with Crippen molar-refractivity contribution < 1.29 is 14.3 Å². The largest absolute Gasteiger partial charge is 0.508 e. The molecule has 4 heteroatoms. The molecule has 102 valence electrons. The Morgan fingerprint density at radius 1 is 1.12 bits per heavy atom. The fourth-order valence-electron chi connectivity index (χ4n) is 1.27. The van der Waals surface area contributed by atoms with E-state index >= 15 is 0 Å². The molecule has 0 rings (SSSR count). The van der Waals surface area contributed by atoms with Crippen molar-refractivity contribution in [2.45, 2.75) is 59.0 Å². The molecule has 0 aromatic heterocycles. The van der Waals surface area contributed by atoms with Gasteiger partial charge in [0, 0.05) is 0 Å². The predicted octanol–water partition coefficient (Wildman–Crippen LogP) is 3.11. The van der Waals surface area contributed by atoms with E-state index < -0.39 is 11.8 Å². The van der Waals surface area contributed by atoms with Gasteiger partial charge < -0.3 is 14.8 Å². The molecule has 0 spiro atoms. The number of carbonyl (C=O) groups is 1. The maximum atomic E-state index is 11.2. The van der Waals surface area contributed by atoms with Gasteiger partial charge >= 0.3 is 6.16 Å². The first-order valence-electron chi connectivity index (χ1n) is 6.52. The van der Waals surface area contributed by atoms with Gasteiger partial charge in [-0.05, 0) is 59.5 Å². The second-order valence-corrected chi connectivity index (χ2v) is 5.12. The van der Waals surface area contributed by atoms with Crippen LogP contribution in [0.5, 0.6) is 0 Å². The minimum absolute atomic E-state index is 0.447. The molecule has 0 saturated carbocycles. The molecule has 0 heterocycles. The van der Waals surface area contributed by atoms with E-state index in [-0.39, 0.29) is 0 Å². The van der Waals surface area contributed by atoms with Gasteiger partial charge in [-0.3, -0.25) is 0 Å². The van der Waals surface area contributed by atoms with Crippen LogP contribution in [0.15, 0.2) is 0 Å². The van der Waals surface area contributed by atoms with Crippen molar-refractivity contribution in [2.24, 2.45) is 0 Å². The zero-order valence-electron chi connectivity index (χ0n) is 11.7. The second kappa shape index (κ2) is 9.28. The molecule has 0 radical (unpaired) electrons.